The van der Waals surface area contributed by atoms with E-state index in [-0.39, 0.29) is 6.54 Å². The highest BCUT2D eigenvalue weighted by Crippen LogP contribution is 2.32. The number of tetrazole rings is 1. The Labute approximate surface area is 119 Å². The Morgan fingerprint density at radius 2 is 2.24 bits per heavy atom. The quantitative estimate of drug-likeness (QED) is 0.886. The number of benzene rings is 1. The molecule has 1 unspecified atom stereocenters. The second-order valence-electron chi connectivity index (χ2n) is 5.48. The van der Waals surface area contributed by atoms with E-state index in [2.05, 4.69) is 20.6 Å². The number of halogens is 2. The summed E-state index contributed by atoms with van der Waals surface area (Å²) in [4.78, 5) is 1.79. The Balaban J connectivity index is 1.84. The maximum atomic E-state index is 12.8. The van der Waals surface area contributed by atoms with Crippen LogP contribution in [0.3, 0.4) is 0 Å². The number of hydrogen-bond acceptors (Lipinski definition) is 5. The van der Waals surface area contributed by atoms with Gasteiger partial charge in [-0.15, -0.1) is 10.2 Å². The van der Waals surface area contributed by atoms with Crippen molar-refractivity contribution in [2.24, 2.45) is 0 Å². The van der Waals surface area contributed by atoms with Gasteiger partial charge in [0.2, 0.25) is 5.82 Å². The molecule has 1 aromatic carbocycles. The van der Waals surface area contributed by atoms with Crippen molar-refractivity contribution in [2.75, 3.05) is 6.54 Å². The highest BCUT2D eigenvalue weighted by Gasteiger charge is 2.36. The van der Waals surface area contributed by atoms with Crippen molar-refractivity contribution in [2.45, 2.75) is 32.0 Å². The van der Waals surface area contributed by atoms with Gasteiger partial charge in [0.05, 0.1) is 0 Å². The van der Waals surface area contributed by atoms with E-state index >= 15 is 0 Å². The van der Waals surface area contributed by atoms with E-state index in [1.165, 1.54) is 0 Å². The summed E-state index contributed by atoms with van der Waals surface area (Å²) < 4.78 is 25.6. The van der Waals surface area contributed by atoms with Crippen LogP contribution >= 0.6 is 0 Å². The molecule has 0 spiro atoms. The third-order valence-electron chi connectivity index (χ3n) is 3.65. The van der Waals surface area contributed by atoms with E-state index in [1.807, 2.05) is 18.2 Å². The minimum absolute atomic E-state index is 0.0922. The Kier molecular flexibility index (Phi) is 3.42. The van der Waals surface area contributed by atoms with Crippen molar-refractivity contribution in [3.05, 3.63) is 29.3 Å². The number of aromatic amines is 1. The predicted molar refractivity (Wildman–Crippen MR) is 70.4 cm³/mol. The number of aliphatic hydroxyl groups is 1. The van der Waals surface area contributed by atoms with E-state index in [4.69, 9.17) is 0 Å². The van der Waals surface area contributed by atoms with E-state index in [0.29, 0.717) is 18.9 Å². The van der Waals surface area contributed by atoms with Gasteiger partial charge in [0.1, 0.15) is 5.60 Å². The number of rotatable bonds is 4. The van der Waals surface area contributed by atoms with Gasteiger partial charge >= 0.3 is 0 Å². The summed E-state index contributed by atoms with van der Waals surface area (Å²) in [6.45, 7) is 2.05. The molecule has 1 atom stereocenters. The van der Waals surface area contributed by atoms with Crippen LogP contribution in [0.1, 0.15) is 18.1 Å². The molecule has 21 heavy (non-hydrogen) atoms. The van der Waals surface area contributed by atoms with Crippen molar-refractivity contribution < 1.29 is 13.9 Å². The molecule has 1 aliphatic heterocycles. The lowest BCUT2D eigenvalue weighted by Crippen LogP contribution is -2.44. The van der Waals surface area contributed by atoms with Gasteiger partial charge in [-0.1, -0.05) is 18.2 Å². The largest absolute Gasteiger partial charge is 0.383 e. The molecule has 1 aliphatic rings. The highest BCUT2D eigenvalue weighted by atomic mass is 19.3. The SMILES string of the molecule is CC(O)(CN1Cc2cccc(-c3nn[nH]n3)c2C1)C(F)F. The van der Waals surface area contributed by atoms with Gasteiger partial charge in [-0.05, 0) is 23.3 Å². The van der Waals surface area contributed by atoms with Crippen LogP contribution in [-0.4, -0.2) is 49.2 Å². The second-order valence-corrected chi connectivity index (χ2v) is 5.48. The number of nitrogens with zero attached hydrogens (tertiary/aromatic N) is 4. The molecule has 0 saturated heterocycles. The maximum absolute atomic E-state index is 12.8. The normalized spacial score (nSPS) is 18.0. The molecule has 6 nitrogen and oxygen atoms in total. The zero-order chi connectivity index (χ0) is 15.0. The van der Waals surface area contributed by atoms with Crippen LogP contribution in [0.5, 0.6) is 0 Å². The Morgan fingerprint density at radius 1 is 1.43 bits per heavy atom. The summed E-state index contributed by atoms with van der Waals surface area (Å²) in [6, 6.07) is 5.69. The van der Waals surface area contributed by atoms with Gasteiger partial charge in [-0.3, -0.25) is 4.90 Å². The third kappa shape index (κ3) is 2.64. The predicted octanol–water partition coefficient (Wildman–Crippen LogP) is 1.20. The van der Waals surface area contributed by atoms with Gasteiger partial charge in [0.25, 0.3) is 6.43 Å². The number of aromatic nitrogens is 4. The fourth-order valence-electron chi connectivity index (χ4n) is 2.61. The molecule has 0 radical (unpaired) electrons. The van der Waals surface area contributed by atoms with Gasteiger partial charge in [-0.2, -0.15) is 5.21 Å². The van der Waals surface area contributed by atoms with E-state index in [9.17, 15) is 13.9 Å². The summed E-state index contributed by atoms with van der Waals surface area (Å²) in [5.74, 6) is 0.481. The Morgan fingerprint density at radius 3 is 2.90 bits per heavy atom. The highest BCUT2D eigenvalue weighted by molar-refractivity contribution is 5.62. The van der Waals surface area contributed by atoms with Crippen molar-refractivity contribution in [3.63, 3.8) is 0 Å². The van der Waals surface area contributed by atoms with Crippen LogP contribution in [0.15, 0.2) is 18.2 Å². The lowest BCUT2D eigenvalue weighted by Gasteiger charge is -2.27. The number of β-amino-alcohol motifs (C(OH)–C–C–N with tert-alkyl or cyclic N) is 1. The van der Waals surface area contributed by atoms with Crippen LogP contribution in [0.4, 0.5) is 8.78 Å². The number of fused-ring (bicyclic) bond motifs is 1. The average Bonchev–Trinajstić information content (AvgIpc) is 3.05. The minimum atomic E-state index is -2.78. The molecular formula is C13H15F2N5O. The maximum Gasteiger partial charge on any atom is 0.267 e. The summed E-state index contributed by atoms with van der Waals surface area (Å²) in [7, 11) is 0. The molecule has 0 amide bonds. The molecule has 112 valence electrons. The van der Waals surface area contributed by atoms with Crippen molar-refractivity contribution in [3.8, 4) is 11.4 Å². The number of alkyl halides is 2. The fraction of sp³-hybridized carbons (Fsp3) is 0.462. The molecule has 0 bridgehead atoms. The Bertz CT molecular complexity index is 629. The van der Waals surface area contributed by atoms with Crippen molar-refractivity contribution in [1.29, 1.82) is 0 Å². The first-order chi connectivity index (χ1) is 9.97. The van der Waals surface area contributed by atoms with Crippen LogP contribution in [0.25, 0.3) is 11.4 Å². The van der Waals surface area contributed by atoms with E-state index < -0.39 is 12.0 Å². The average molecular weight is 295 g/mol. The van der Waals surface area contributed by atoms with Crippen LogP contribution in [0.2, 0.25) is 0 Å². The standard InChI is InChI=1S/C13H15F2N5O/c1-13(21,12(14)15)7-20-5-8-3-2-4-9(10(8)6-20)11-16-18-19-17-11/h2-4,12,21H,5-7H2,1H3,(H,16,17,18,19). The Hall–Kier alpha value is -1.93. The third-order valence-corrected chi connectivity index (χ3v) is 3.65. The fourth-order valence-corrected chi connectivity index (χ4v) is 2.61. The number of hydrogen-bond donors (Lipinski definition) is 2. The zero-order valence-corrected chi connectivity index (χ0v) is 11.4. The first-order valence-corrected chi connectivity index (χ1v) is 6.55. The molecule has 1 aromatic heterocycles. The van der Waals surface area contributed by atoms with Crippen molar-refractivity contribution in [1.82, 2.24) is 25.5 Å². The van der Waals surface area contributed by atoms with E-state index in [0.717, 1.165) is 23.6 Å². The molecule has 0 saturated carbocycles. The monoisotopic (exact) mass is 295 g/mol. The molecule has 0 aliphatic carbocycles. The van der Waals surface area contributed by atoms with Gasteiger partial charge in [-0.25, -0.2) is 8.78 Å². The molecule has 3 rings (SSSR count). The first kappa shape index (κ1) is 14.0. The zero-order valence-electron chi connectivity index (χ0n) is 11.4. The molecule has 8 heteroatoms. The number of H-pyrrole nitrogens is 1. The van der Waals surface area contributed by atoms with Gasteiger partial charge in [0, 0.05) is 25.2 Å². The summed E-state index contributed by atoms with van der Waals surface area (Å²) in [6.07, 6.45) is -2.78. The van der Waals surface area contributed by atoms with Gasteiger partial charge < -0.3 is 5.11 Å². The molecule has 0 fully saturated rings. The van der Waals surface area contributed by atoms with Crippen molar-refractivity contribution >= 4 is 0 Å². The summed E-state index contributed by atoms with van der Waals surface area (Å²) in [5.41, 5.74) is 0.834. The summed E-state index contributed by atoms with van der Waals surface area (Å²) in [5, 5.41) is 23.6. The topological polar surface area (TPSA) is 77.9 Å². The molecule has 2 heterocycles. The minimum Gasteiger partial charge on any atom is -0.383 e. The molecule has 2 aromatic rings. The van der Waals surface area contributed by atoms with Crippen LogP contribution in [-0.2, 0) is 13.1 Å². The first-order valence-electron chi connectivity index (χ1n) is 6.55. The smallest absolute Gasteiger partial charge is 0.267 e. The lowest BCUT2D eigenvalue weighted by molar-refractivity contribution is -0.0998. The van der Waals surface area contributed by atoms with Crippen LogP contribution in [0, 0.1) is 0 Å². The molecular weight excluding hydrogens is 280 g/mol. The van der Waals surface area contributed by atoms with Gasteiger partial charge in [0.15, 0.2) is 0 Å². The van der Waals surface area contributed by atoms with Crippen LogP contribution < -0.4 is 0 Å². The molecule has 2 N–H and O–H groups in total. The lowest BCUT2D eigenvalue weighted by atomic mass is 10.0. The second kappa shape index (κ2) is 5.12. The summed E-state index contributed by atoms with van der Waals surface area (Å²) >= 11 is 0. The van der Waals surface area contributed by atoms with E-state index in [1.54, 1.807) is 4.90 Å². The number of nitrogens with one attached hydrogen (secondary N) is 1.